The van der Waals surface area contributed by atoms with Crippen LogP contribution in [0.4, 0.5) is 0 Å². The second-order valence-corrected chi connectivity index (χ2v) is 5.21. The molecule has 1 aromatic rings. The number of aromatic hydroxyl groups is 1. The van der Waals surface area contributed by atoms with Crippen molar-refractivity contribution in [1.82, 2.24) is 5.32 Å². The van der Waals surface area contributed by atoms with Crippen LogP contribution < -0.4 is 5.32 Å². The molecule has 0 aromatic heterocycles. The summed E-state index contributed by atoms with van der Waals surface area (Å²) < 4.78 is 0. The van der Waals surface area contributed by atoms with E-state index in [9.17, 15) is 9.90 Å². The van der Waals surface area contributed by atoms with Crippen LogP contribution >= 0.6 is 11.6 Å². The summed E-state index contributed by atoms with van der Waals surface area (Å²) in [5, 5.41) is 12.7. The lowest BCUT2D eigenvalue weighted by Crippen LogP contribution is -2.45. The smallest absolute Gasteiger partial charge is 0.255 e. The summed E-state index contributed by atoms with van der Waals surface area (Å²) >= 11 is 5.75. The van der Waals surface area contributed by atoms with Gasteiger partial charge in [0.05, 0.1) is 5.56 Å². The number of hydrogen-bond donors (Lipinski definition) is 2. The van der Waals surface area contributed by atoms with E-state index in [1.54, 1.807) is 12.1 Å². The standard InChI is InChI=1S/C14H20ClNO2/c1-4-14(3,7-8-15)16-13(18)11-9-10(2)5-6-12(11)17/h5-6,9,17H,4,7-8H2,1-3H3,(H,16,18). The number of halogens is 1. The highest BCUT2D eigenvalue weighted by molar-refractivity contribution is 6.17. The van der Waals surface area contributed by atoms with Gasteiger partial charge in [-0.15, -0.1) is 11.6 Å². The zero-order chi connectivity index (χ0) is 13.8. The number of carbonyl (C=O) groups is 1. The fourth-order valence-electron chi connectivity index (χ4n) is 1.71. The molecule has 0 saturated carbocycles. The van der Waals surface area contributed by atoms with Crippen molar-refractivity contribution in [1.29, 1.82) is 0 Å². The van der Waals surface area contributed by atoms with Gasteiger partial charge >= 0.3 is 0 Å². The second-order valence-electron chi connectivity index (χ2n) is 4.83. The maximum Gasteiger partial charge on any atom is 0.255 e. The summed E-state index contributed by atoms with van der Waals surface area (Å²) in [7, 11) is 0. The Labute approximate surface area is 113 Å². The quantitative estimate of drug-likeness (QED) is 0.807. The highest BCUT2D eigenvalue weighted by atomic mass is 35.5. The molecule has 2 N–H and O–H groups in total. The van der Waals surface area contributed by atoms with Crippen LogP contribution in [0.2, 0.25) is 0 Å². The number of alkyl halides is 1. The minimum absolute atomic E-state index is 0.00225. The zero-order valence-electron chi connectivity index (χ0n) is 11.1. The molecule has 1 rings (SSSR count). The van der Waals surface area contributed by atoms with Crippen molar-refractivity contribution in [2.24, 2.45) is 0 Å². The number of carbonyl (C=O) groups excluding carboxylic acids is 1. The van der Waals surface area contributed by atoms with Gasteiger partial charge in [-0.3, -0.25) is 4.79 Å². The fraction of sp³-hybridized carbons (Fsp3) is 0.500. The topological polar surface area (TPSA) is 49.3 Å². The van der Waals surface area contributed by atoms with Crippen molar-refractivity contribution in [3.05, 3.63) is 29.3 Å². The Balaban J connectivity index is 2.90. The van der Waals surface area contributed by atoms with Crippen LogP contribution in [0, 0.1) is 6.92 Å². The Morgan fingerprint density at radius 3 is 2.72 bits per heavy atom. The molecule has 0 aliphatic rings. The summed E-state index contributed by atoms with van der Waals surface area (Å²) in [5.74, 6) is 0.234. The van der Waals surface area contributed by atoms with Crippen LogP contribution in [0.3, 0.4) is 0 Å². The highest BCUT2D eigenvalue weighted by Crippen LogP contribution is 2.21. The maximum absolute atomic E-state index is 12.2. The predicted octanol–water partition coefficient (Wildman–Crippen LogP) is 3.23. The molecule has 0 spiro atoms. The monoisotopic (exact) mass is 269 g/mol. The Morgan fingerprint density at radius 2 is 2.17 bits per heavy atom. The Morgan fingerprint density at radius 1 is 1.50 bits per heavy atom. The molecule has 18 heavy (non-hydrogen) atoms. The Hall–Kier alpha value is -1.22. The minimum Gasteiger partial charge on any atom is -0.507 e. The van der Waals surface area contributed by atoms with Crippen LogP contribution in [0.15, 0.2) is 18.2 Å². The molecule has 1 amide bonds. The van der Waals surface area contributed by atoms with Gasteiger partial charge in [-0.1, -0.05) is 18.6 Å². The summed E-state index contributed by atoms with van der Waals surface area (Å²) in [5.41, 5.74) is 0.910. The number of phenolic OH excluding ortho intramolecular Hbond substituents is 1. The van der Waals surface area contributed by atoms with Crippen molar-refractivity contribution in [2.75, 3.05) is 5.88 Å². The van der Waals surface area contributed by atoms with E-state index in [2.05, 4.69) is 5.32 Å². The maximum atomic E-state index is 12.2. The molecule has 1 unspecified atom stereocenters. The molecule has 0 aliphatic heterocycles. The lowest BCUT2D eigenvalue weighted by molar-refractivity contribution is 0.0898. The third-order valence-corrected chi connectivity index (χ3v) is 3.43. The highest BCUT2D eigenvalue weighted by Gasteiger charge is 2.25. The van der Waals surface area contributed by atoms with Gasteiger partial charge in [-0.05, 0) is 38.8 Å². The lowest BCUT2D eigenvalue weighted by atomic mass is 9.94. The largest absolute Gasteiger partial charge is 0.507 e. The number of rotatable bonds is 5. The van der Waals surface area contributed by atoms with Crippen molar-refractivity contribution in [2.45, 2.75) is 39.2 Å². The first-order chi connectivity index (χ1) is 8.41. The first-order valence-corrected chi connectivity index (χ1v) is 6.63. The normalized spacial score (nSPS) is 14.0. The van der Waals surface area contributed by atoms with Crippen LogP contribution in [0.5, 0.6) is 5.75 Å². The van der Waals surface area contributed by atoms with E-state index in [1.807, 2.05) is 20.8 Å². The number of nitrogens with one attached hydrogen (secondary N) is 1. The van der Waals surface area contributed by atoms with Crippen molar-refractivity contribution < 1.29 is 9.90 Å². The summed E-state index contributed by atoms with van der Waals surface area (Å²) in [6, 6.07) is 4.99. The molecule has 1 aromatic carbocycles. The van der Waals surface area contributed by atoms with Crippen molar-refractivity contribution in [3.8, 4) is 5.75 Å². The van der Waals surface area contributed by atoms with Gasteiger partial charge in [-0.2, -0.15) is 0 Å². The Kier molecular flexibility index (Phi) is 5.03. The van der Waals surface area contributed by atoms with Gasteiger partial charge in [0.2, 0.25) is 0 Å². The van der Waals surface area contributed by atoms with Crippen molar-refractivity contribution in [3.63, 3.8) is 0 Å². The molecule has 0 saturated heterocycles. The molecule has 0 bridgehead atoms. The molecule has 0 aliphatic carbocycles. The third kappa shape index (κ3) is 3.64. The van der Waals surface area contributed by atoms with Crippen LogP contribution in [-0.4, -0.2) is 22.4 Å². The number of phenols is 1. The molecule has 0 radical (unpaired) electrons. The van der Waals surface area contributed by atoms with Crippen molar-refractivity contribution >= 4 is 17.5 Å². The second kappa shape index (κ2) is 6.10. The first kappa shape index (κ1) is 14.8. The molecule has 1 atom stereocenters. The average Bonchev–Trinajstić information content (AvgIpc) is 2.32. The molecule has 4 heteroatoms. The number of aryl methyl sites for hydroxylation is 1. The van der Waals surface area contributed by atoms with E-state index < -0.39 is 0 Å². The van der Waals surface area contributed by atoms with Crippen LogP contribution in [0.25, 0.3) is 0 Å². The molecule has 100 valence electrons. The molecule has 0 fully saturated rings. The average molecular weight is 270 g/mol. The van der Waals surface area contributed by atoms with Crippen LogP contribution in [-0.2, 0) is 0 Å². The summed E-state index contributed by atoms with van der Waals surface area (Å²) in [6.45, 7) is 5.84. The van der Waals surface area contributed by atoms with Gasteiger partial charge in [0, 0.05) is 11.4 Å². The number of amides is 1. The molecular formula is C14H20ClNO2. The number of benzene rings is 1. The zero-order valence-corrected chi connectivity index (χ0v) is 11.8. The van der Waals surface area contributed by atoms with E-state index in [1.165, 1.54) is 6.07 Å². The van der Waals surface area contributed by atoms with E-state index in [0.717, 1.165) is 12.0 Å². The fourth-order valence-corrected chi connectivity index (χ4v) is 2.13. The van der Waals surface area contributed by atoms with Gasteiger partial charge in [0.1, 0.15) is 5.75 Å². The number of hydrogen-bond acceptors (Lipinski definition) is 2. The van der Waals surface area contributed by atoms with E-state index in [4.69, 9.17) is 11.6 Å². The van der Waals surface area contributed by atoms with E-state index in [-0.39, 0.29) is 17.2 Å². The van der Waals surface area contributed by atoms with Gasteiger partial charge in [0.25, 0.3) is 5.91 Å². The van der Waals surface area contributed by atoms with Gasteiger partial charge in [-0.25, -0.2) is 0 Å². The van der Waals surface area contributed by atoms with Gasteiger partial charge < -0.3 is 10.4 Å². The van der Waals surface area contributed by atoms with Crippen LogP contribution in [0.1, 0.15) is 42.6 Å². The van der Waals surface area contributed by atoms with Gasteiger partial charge in [0.15, 0.2) is 0 Å². The molecule has 0 heterocycles. The summed E-state index contributed by atoms with van der Waals surface area (Å²) in [6.07, 6.45) is 1.49. The molecule has 3 nitrogen and oxygen atoms in total. The SMILES string of the molecule is CCC(C)(CCCl)NC(=O)c1cc(C)ccc1O. The Bertz CT molecular complexity index is 434. The van der Waals surface area contributed by atoms with E-state index >= 15 is 0 Å². The molecular weight excluding hydrogens is 250 g/mol. The first-order valence-electron chi connectivity index (χ1n) is 6.10. The minimum atomic E-state index is -0.338. The third-order valence-electron chi connectivity index (χ3n) is 3.24. The lowest BCUT2D eigenvalue weighted by Gasteiger charge is -2.29. The predicted molar refractivity (Wildman–Crippen MR) is 74.3 cm³/mol. The summed E-state index contributed by atoms with van der Waals surface area (Å²) in [4.78, 5) is 12.2. The van der Waals surface area contributed by atoms with E-state index in [0.29, 0.717) is 17.9 Å².